The molecule has 0 bridgehead atoms. The maximum atomic E-state index is 3.34. The van der Waals surface area contributed by atoms with Crippen LogP contribution in [0.4, 0.5) is 0 Å². The van der Waals surface area contributed by atoms with Crippen LogP contribution < -0.4 is 0 Å². The van der Waals surface area contributed by atoms with E-state index in [0.29, 0.717) is 0 Å². The van der Waals surface area contributed by atoms with Gasteiger partial charge in [0.15, 0.2) is 0 Å². The number of hydrogen-bond donors (Lipinski definition) is 0. The maximum Gasteiger partial charge on any atom is 0 e. The van der Waals surface area contributed by atoms with Crippen LogP contribution in [-0.2, 0) is 17.1 Å². The molecule has 0 spiro atoms. The molecule has 2 aliphatic rings. The third kappa shape index (κ3) is 1.63. The van der Waals surface area contributed by atoms with E-state index >= 15 is 0 Å². The molecule has 2 aliphatic carbocycles. The van der Waals surface area contributed by atoms with E-state index in [1.165, 1.54) is 16.7 Å². The molecule has 64 valence electrons. The molecule has 0 aliphatic heterocycles. The van der Waals surface area contributed by atoms with Crippen molar-refractivity contribution in [2.45, 2.75) is 19.8 Å². The summed E-state index contributed by atoms with van der Waals surface area (Å²) in [4.78, 5) is 0. The summed E-state index contributed by atoms with van der Waals surface area (Å²) >= 11 is 0. The van der Waals surface area contributed by atoms with Gasteiger partial charge in [-0.15, -0.1) is 17.2 Å². The SMILES string of the molecule is CC1=C(C2=[C-]CC=C2)CC=C1.[Fe]. The summed E-state index contributed by atoms with van der Waals surface area (Å²) in [5, 5.41) is 0. The van der Waals surface area contributed by atoms with Crippen LogP contribution in [0.1, 0.15) is 19.8 Å². The molecule has 12 heavy (non-hydrogen) atoms. The van der Waals surface area contributed by atoms with Crippen molar-refractivity contribution in [1.82, 2.24) is 0 Å². The standard InChI is InChI=1S/C11H11.Fe/c1-9-5-4-8-11(9)10-6-2-3-7-10;/h2,4-6H,3,8H2,1H3;/q-1;. The maximum absolute atomic E-state index is 3.34. The second-order valence-electron chi connectivity index (χ2n) is 2.97. The molecule has 0 fully saturated rings. The molecule has 0 aromatic rings. The van der Waals surface area contributed by atoms with Gasteiger partial charge < -0.3 is 0 Å². The Labute approximate surface area is 84.2 Å². The summed E-state index contributed by atoms with van der Waals surface area (Å²) < 4.78 is 0. The Morgan fingerprint density at radius 1 is 1.25 bits per heavy atom. The third-order valence-electron chi connectivity index (χ3n) is 2.19. The first-order valence-electron chi connectivity index (χ1n) is 4.02. The van der Waals surface area contributed by atoms with E-state index in [4.69, 9.17) is 0 Å². The van der Waals surface area contributed by atoms with Crippen LogP contribution in [0.15, 0.2) is 41.0 Å². The van der Waals surface area contributed by atoms with Crippen LogP contribution in [-0.4, -0.2) is 0 Å². The molecule has 0 heterocycles. The molecule has 0 unspecified atom stereocenters. The quantitative estimate of drug-likeness (QED) is 0.449. The van der Waals surface area contributed by atoms with Gasteiger partial charge in [-0.05, 0) is 0 Å². The first kappa shape index (κ1) is 9.57. The third-order valence-corrected chi connectivity index (χ3v) is 2.19. The zero-order chi connectivity index (χ0) is 7.68. The summed E-state index contributed by atoms with van der Waals surface area (Å²) in [7, 11) is 0. The van der Waals surface area contributed by atoms with Crippen molar-refractivity contribution in [2.24, 2.45) is 0 Å². The number of rotatable bonds is 1. The molecule has 0 aromatic carbocycles. The summed E-state index contributed by atoms with van der Waals surface area (Å²) in [6.45, 7) is 2.17. The fourth-order valence-corrected chi connectivity index (χ4v) is 1.55. The zero-order valence-corrected chi connectivity index (χ0v) is 8.18. The van der Waals surface area contributed by atoms with Gasteiger partial charge in [-0.2, -0.15) is 17.7 Å². The van der Waals surface area contributed by atoms with Crippen LogP contribution in [0.2, 0.25) is 0 Å². The first-order valence-corrected chi connectivity index (χ1v) is 4.02. The Kier molecular flexibility index (Phi) is 3.13. The molecule has 0 radical (unpaired) electrons. The molecule has 0 saturated heterocycles. The minimum absolute atomic E-state index is 0. The largest absolute Gasteiger partial charge is 0.198 e. The summed E-state index contributed by atoms with van der Waals surface area (Å²) in [6.07, 6.45) is 14.2. The minimum Gasteiger partial charge on any atom is -0.198 e. The van der Waals surface area contributed by atoms with E-state index in [-0.39, 0.29) is 17.1 Å². The van der Waals surface area contributed by atoms with Gasteiger partial charge in [-0.3, -0.25) is 0 Å². The van der Waals surface area contributed by atoms with Gasteiger partial charge in [0.25, 0.3) is 0 Å². The van der Waals surface area contributed by atoms with Crippen LogP contribution in [0, 0.1) is 6.08 Å². The van der Waals surface area contributed by atoms with E-state index in [2.05, 4.69) is 37.3 Å². The monoisotopic (exact) mass is 199 g/mol. The zero-order valence-electron chi connectivity index (χ0n) is 7.08. The smallest absolute Gasteiger partial charge is 0 e. The van der Waals surface area contributed by atoms with Crippen LogP contribution >= 0.6 is 0 Å². The number of allylic oxidation sites excluding steroid dienone is 8. The van der Waals surface area contributed by atoms with Crippen molar-refractivity contribution in [3.8, 4) is 0 Å². The van der Waals surface area contributed by atoms with Crippen molar-refractivity contribution in [1.29, 1.82) is 0 Å². The van der Waals surface area contributed by atoms with Gasteiger partial charge in [0.2, 0.25) is 0 Å². The second kappa shape index (κ2) is 3.93. The molecule has 2 rings (SSSR count). The Morgan fingerprint density at radius 2 is 2.08 bits per heavy atom. The van der Waals surface area contributed by atoms with E-state index in [1.54, 1.807) is 0 Å². The predicted molar refractivity (Wildman–Crippen MR) is 47.0 cm³/mol. The molecule has 1 heteroatoms. The van der Waals surface area contributed by atoms with Crippen molar-refractivity contribution in [3.63, 3.8) is 0 Å². The molecule has 0 saturated carbocycles. The fraction of sp³-hybridized carbons (Fsp3) is 0.273. The van der Waals surface area contributed by atoms with Crippen LogP contribution in [0.3, 0.4) is 0 Å². The average Bonchev–Trinajstić information content (AvgIpc) is 2.55. The van der Waals surface area contributed by atoms with Crippen molar-refractivity contribution < 1.29 is 17.1 Å². The van der Waals surface area contributed by atoms with Crippen molar-refractivity contribution >= 4 is 0 Å². The van der Waals surface area contributed by atoms with E-state index < -0.39 is 0 Å². The molecular weight excluding hydrogens is 188 g/mol. The topological polar surface area (TPSA) is 0 Å². The van der Waals surface area contributed by atoms with Gasteiger partial charge in [0.1, 0.15) is 0 Å². The fourth-order valence-electron chi connectivity index (χ4n) is 1.55. The van der Waals surface area contributed by atoms with E-state index in [0.717, 1.165) is 12.8 Å². The molecule has 0 aromatic heterocycles. The summed E-state index contributed by atoms with van der Waals surface area (Å²) in [6, 6.07) is 0. The summed E-state index contributed by atoms with van der Waals surface area (Å²) in [5.74, 6) is 0. The van der Waals surface area contributed by atoms with Gasteiger partial charge in [0.05, 0.1) is 0 Å². The van der Waals surface area contributed by atoms with Crippen LogP contribution in [0.25, 0.3) is 0 Å². The van der Waals surface area contributed by atoms with Crippen molar-refractivity contribution in [2.75, 3.05) is 0 Å². The van der Waals surface area contributed by atoms with Crippen molar-refractivity contribution in [3.05, 3.63) is 47.1 Å². The van der Waals surface area contributed by atoms with Gasteiger partial charge in [0, 0.05) is 17.1 Å². The molecule has 0 atom stereocenters. The Balaban J connectivity index is 0.000000720. The Morgan fingerprint density at radius 3 is 2.58 bits per heavy atom. The van der Waals surface area contributed by atoms with Gasteiger partial charge in [-0.25, -0.2) is 0 Å². The molecule has 0 N–H and O–H groups in total. The molecular formula is C11H11Fe-. The normalized spacial score (nSPS) is 19.9. The van der Waals surface area contributed by atoms with Gasteiger partial charge >= 0.3 is 0 Å². The molecule has 0 amide bonds. The summed E-state index contributed by atoms with van der Waals surface area (Å²) in [5.41, 5.74) is 4.17. The number of hydrogen-bond acceptors (Lipinski definition) is 0. The predicted octanol–water partition coefficient (Wildman–Crippen LogP) is 2.95. The van der Waals surface area contributed by atoms with E-state index in [9.17, 15) is 0 Å². The Hall–Kier alpha value is -0.521. The van der Waals surface area contributed by atoms with E-state index in [1.807, 2.05) is 0 Å². The minimum atomic E-state index is 0. The van der Waals surface area contributed by atoms with Gasteiger partial charge in [-0.1, -0.05) is 31.9 Å². The first-order chi connectivity index (χ1) is 5.38. The Bertz CT molecular complexity index is 290. The average molecular weight is 199 g/mol. The van der Waals surface area contributed by atoms with Crippen LogP contribution in [0.5, 0.6) is 0 Å². The second-order valence-corrected chi connectivity index (χ2v) is 2.97. The molecule has 0 nitrogen and oxygen atoms in total.